The lowest BCUT2D eigenvalue weighted by atomic mass is 10.0. The lowest BCUT2D eigenvalue weighted by Gasteiger charge is -2.30. The summed E-state index contributed by atoms with van der Waals surface area (Å²) in [6.07, 6.45) is -2.13. The maximum Gasteiger partial charge on any atom is 0.416 e. The van der Waals surface area contributed by atoms with E-state index in [0.29, 0.717) is 30.2 Å². The molecule has 2 aliphatic rings. The number of rotatable bonds is 4. The molecular weight excluding hydrogens is 483 g/mol. The Hall–Kier alpha value is -3.76. The largest absolute Gasteiger partial charge is 0.438 e. The van der Waals surface area contributed by atoms with Gasteiger partial charge >= 0.3 is 6.18 Å². The fourth-order valence-corrected chi connectivity index (χ4v) is 4.32. The van der Waals surface area contributed by atoms with E-state index in [-0.39, 0.29) is 23.7 Å². The number of amides is 1. The van der Waals surface area contributed by atoms with Gasteiger partial charge in [0.1, 0.15) is 5.75 Å². The summed E-state index contributed by atoms with van der Waals surface area (Å²) in [4.78, 5) is 25.8. The highest BCUT2D eigenvalue weighted by Gasteiger charge is 2.32. The molecule has 11 heteroatoms. The van der Waals surface area contributed by atoms with Gasteiger partial charge in [0.15, 0.2) is 11.6 Å². The van der Waals surface area contributed by atoms with Gasteiger partial charge in [-0.3, -0.25) is 4.79 Å². The molecule has 0 N–H and O–H groups in total. The molecule has 188 valence electrons. The van der Waals surface area contributed by atoms with Crippen molar-refractivity contribution in [3.05, 3.63) is 76.5 Å². The van der Waals surface area contributed by atoms with Crippen LogP contribution in [0.1, 0.15) is 40.0 Å². The van der Waals surface area contributed by atoms with E-state index in [9.17, 15) is 26.7 Å². The van der Waals surface area contributed by atoms with Crippen molar-refractivity contribution in [2.75, 3.05) is 24.5 Å². The summed E-state index contributed by atoms with van der Waals surface area (Å²) in [5.41, 5.74) is 0.451. The second-order valence-corrected chi connectivity index (χ2v) is 8.68. The average molecular weight is 504 g/mol. The number of fused-ring (bicyclic) bond motifs is 1. The van der Waals surface area contributed by atoms with Crippen LogP contribution in [-0.4, -0.2) is 40.4 Å². The summed E-state index contributed by atoms with van der Waals surface area (Å²) in [5.74, 6) is -1.92. The van der Waals surface area contributed by atoms with E-state index in [1.165, 1.54) is 11.0 Å². The Morgan fingerprint density at radius 2 is 1.64 bits per heavy atom. The van der Waals surface area contributed by atoms with E-state index in [0.717, 1.165) is 62.3 Å². The lowest BCUT2D eigenvalue weighted by molar-refractivity contribution is -0.137. The van der Waals surface area contributed by atoms with Crippen LogP contribution in [0.4, 0.5) is 27.9 Å². The Bertz CT molecular complexity index is 1290. The summed E-state index contributed by atoms with van der Waals surface area (Å²) in [5, 5.41) is 0. The van der Waals surface area contributed by atoms with Gasteiger partial charge in [0.05, 0.1) is 23.4 Å². The highest BCUT2D eigenvalue weighted by Crippen LogP contribution is 2.34. The zero-order valence-electron chi connectivity index (χ0n) is 19.0. The third-order valence-corrected chi connectivity index (χ3v) is 6.25. The fourth-order valence-electron chi connectivity index (χ4n) is 4.32. The molecule has 1 amide bonds. The molecule has 3 aromatic rings. The van der Waals surface area contributed by atoms with Crippen LogP contribution in [0, 0.1) is 11.6 Å². The number of hydrogen-bond donors (Lipinski definition) is 0. The first-order chi connectivity index (χ1) is 17.2. The molecule has 2 aliphatic heterocycles. The van der Waals surface area contributed by atoms with Gasteiger partial charge in [-0.15, -0.1) is 0 Å². The van der Waals surface area contributed by atoms with Gasteiger partial charge in [0.2, 0.25) is 11.8 Å². The predicted molar refractivity (Wildman–Crippen MR) is 120 cm³/mol. The molecule has 2 aromatic carbocycles. The molecule has 0 saturated carbocycles. The van der Waals surface area contributed by atoms with Gasteiger partial charge in [0.25, 0.3) is 5.91 Å². The molecule has 36 heavy (non-hydrogen) atoms. The molecule has 0 atom stereocenters. The van der Waals surface area contributed by atoms with Crippen molar-refractivity contribution >= 4 is 11.9 Å². The maximum absolute atomic E-state index is 13.8. The second-order valence-electron chi connectivity index (χ2n) is 8.68. The first-order valence-electron chi connectivity index (χ1n) is 11.4. The first kappa shape index (κ1) is 24.0. The Morgan fingerprint density at radius 3 is 2.31 bits per heavy atom. The van der Waals surface area contributed by atoms with Crippen molar-refractivity contribution in [1.82, 2.24) is 14.9 Å². The summed E-state index contributed by atoms with van der Waals surface area (Å²) in [6, 6.07) is 7.16. The van der Waals surface area contributed by atoms with Crippen molar-refractivity contribution < 1.29 is 31.5 Å². The van der Waals surface area contributed by atoms with Crippen LogP contribution in [0.25, 0.3) is 0 Å². The molecular formula is C25H21F5N4O2. The van der Waals surface area contributed by atoms with Gasteiger partial charge in [0, 0.05) is 37.7 Å². The molecule has 6 nitrogen and oxygen atoms in total. The summed E-state index contributed by atoms with van der Waals surface area (Å²) in [7, 11) is 0. The number of aromatic nitrogens is 2. The van der Waals surface area contributed by atoms with E-state index in [1.807, 2.05) is 4.90 Å². The van der Waals surface area contributed by atoms with Crippen molar-refractivity contribution in [2.45, 2.75) is 32.0 Å². The first-order valence-corrected chi connectivity index (χ1v) is 11.4. The fraction of sp³-hybridized carbons (Fsp3) is 0.320. The smallest absolute Gasteiger partial charge is 0.416 e. The molecule has 0 spiro atoms. The zero-order chi connectivity index (χ0) is 25.4. The number of alkyl halides is 3. The molecule has 0 unspecified atom stereocenters. The van der Waals surface area contributed by atoms with Gasteiger partial charge < -0.3 is 14.5 Å². The van der Waals surface area contributed by atoms with Gasteiger partial charge in [-0.2, -0.15) is 18.2 Å². The molecule has 5 rings (SSSR count). The van der Waals surface area contributed by atoms with Crippen LogP contribution in [0.2, 0.25) is 0 Å². The minimum Gasteiger partial charge on any atom is -0.438 e. The van der Waals surface area contributed by atoms with Crippen molar-refractivity contribution in [3.63, 3.8) is 0 Å². The van der Waals surface area contributed by atoms with Crippen LogP contribution in [0.5, 0.6) is 11.6 Å². The monoisotopic (exact) mass is 504 g/mol. The number of carbonyl (C=O) groups excluding carboxylic acids is 1. The van der Waals surface area contributed by atoms with Crippen molar-refractivity contribution in [3.8, 4) is 11.6 Å². The maximum atomic E-state index is 13.8. The number of carbonyl (C=O) groups is 1. The molecule has 1 saturated heterocycles. The summed E-state index contributed by atoms with van der Waals surface area (Å²) in [6.45, 7) is 1.91. The quantitative estimate of drug-likeness (QED) is 0.448. The third-order valence-electron chi connectivity index (χ3n) is 6.25. The minimum atomic E-state index is -4.50. The predicted octanol–water partition coefficient (Wildman–Crippen LogP) is 5.36. The SMILES string of the molecule is O=C(c1ccc(C(F)(F)F)cc1)N1CCc2nc(N3CCCC3)nc(Oc3ccc(F)c(F)c3)c2C1. The average Bonchev–Trinajstić information content (AvgIpc) is 3.40. The Morgan fingerprint density at radius 1 is 0.917 bits per heavy atom. The van der Waals surface area contributed by atoms with E-state index >= 15 is 0 Å². The summed E-state index contributed by atoms with van der Waals surface area (Å²) < 4.78 is 71.7. The van der Waals surface area contributed by atoms with Gasteiger partial charge in [-0.25, -0.2) is 13.8 Å². The number of nitrogens with zero attached hydrogens (tertiary/aromatic N) is 4. The van der Waals surface area contributed by atoms with Crippen molar-refractivity contribution in [1.29, 1.82) is 0 Å². The molecule has 0 aliphatic carbocycles. The van der Waals surface area contributed by atoms with Crippen LogP contribution >= 0.6 is 0 Å². The Labute approximate surface area is 203 Å². The van der Waals surface area contributed by atoms with Crippen molar-refractivity contribution in [2.24, 2.45) is 0 Å². The van der Waals surface area contributed by atoms with Gasteiger partial charge in [-0.05, 0) is 49.2 Å². The molecule has 1 fully saturated rings. The van der Waals surface area contributed by atoms with Crippen LogP contribution < -0.4 is 9.64 Å². The van der Waals surface area contributed by atoms with E-state index in [2.05, 4.69) is 9.97 Å². The second kappa shape index (κ2) is 9.36. The number of benzene rings is 2. The standard InChI is InChI=1S/C25H21F5N4O2/c26-19-8-7-17(13-20(19)27)36-22-18-14-34(23(35)15-3-5-16(6-4-15)25(28,29)30)12-9-21(18)31-24(32-22)33-10-1-2-11-33/h3-8,13H,1-2,9-12,14H2. The normalized spacial score (nSPS) is 15.7. The number of anilines is 1. The number of ether oxygens (including phenoxy) is 1. The summed E-state index contributed by atoms with van der Waals surface area (Å²) >= 11 is 0. The van der Waals surface area contributed by atoms with Crippen LogP contribution in [0.3, 0.4) is 0 Å². The Kier molecular flexibility index (Phi) is 6.23. The highest BCUT2D eigenvalue weighted by molar-refractivity contribution is 5.94. The van der Waals surface area contributed by atoms with E-state index in [4.69, 9.17) is 4.74 Å². The number of halogens is 5. The third kappa shape index (κ3) is 4.82. The van der Waals surface area contributed by atoms with E-state index < -0.39 is 29.3 Å². The molecule has 0 radical (unpaired) electrons. The molecule has 3 heterocycles. The van der Waals surface area contributed by atoms with Gasteiger partial charge in [-0.1, -0.05) is 0 Å². The molecule has 1 aromatic heterocycles. The highest BCUT2D eigenvalue weighted by atomic mass is 19.4. The molecule has 0 bridgehead atoms. The topological polar surface area (TPSA) is 58.6 Å². The van der Waals surface area contributed by atoms with Crippen LogP contribution in [-0.2, 0) is 19.1 Å². The van der Waals surface area contributed by atoms with E-state index in [1.54, 1.807) is 0 Å². The zero-order valence-corrected chi connectivity index (χ0v) is 19.0. The number of hydrogen-bond acceptors (Lipinski definition) is 5. The minimum absolute atomic E-state index is 0.0355. The van der Waals surface area contributed by atoms with Crippen LogP contribution in [0.15, 0.2) is 42.5 Å². The lowest BCUT2D eigenvalue weighted by Crippen LogP contribution is -2.37. The Balaban J connectivity index is 1.45.